The molecule has 0 bridgehead atoms. The summed E-state index contributed by atoms with van der Waals surface area (Å²) in [7, 11) is 1.28. The van der Waals surface area contributed by atoms with E-state index in [0.717, 1.165) is 27.9 Å². The summed E-state index contributed by atoms with van der Waals surface area (Å²) in [6.45, 7) is 4.11. The van der Waals surface area contributed by atoms with Gasteiger partial charge in [0.2, 0.25) is 5.91 Å². The predicted octanol–water partition coefficient (Wildman–Crippen LogP) is 3.07. The molecule has 1 amide bonds. The number of hydrogen-bond acceptors (Lipinski definition) is 4. The lowest BCUT2D eigenvalue weighted by Crippen LogP contribution is -2.30. The highest BCUT2D eigenvalue weighted by Gasteiger charge is 2.25. The van der Waals surface area contributed by atoms with Gasteiger partial charge in [0.1, 0.15) is 5.70 Å². The average molecular weight is 390 g/mol. The Hall–Kier alpha value is -3.61. The number of hydrogen-bond donors (Lipinski definition) is 3. The number of carbonyl (C=O) groups is 2. The first-order chi connectivity index (χ1) is 13.9. The van der Waals surface area contributed by atoms with Gasteiger partial charge in [0.05, 0.1) is 31.2 Å². The zero-order chi connectivity index (χ0) is 20.6. The molecule has 2 aromatic heterocycles. The first-order valence-corrected chi connectivity index (χ1v) is 9.31. The second-order valence-electron chi connectivity index (χ2n) is 7.56. The van der Waals surface area contributed by atoms with E-state index in [1.807, 2.05) is 30.3 Å². The van der Waals surface area contributed by atoms with Gasteiger partial charge in [-0.1, -0.05) is 38.1 Å². The van der Waals surface area contributed by atoms with Gasteiger partial charge in [-0.3, -0.25) is 4.79 Å². The molecule has 148 valence electrons. The quantitative estimate of drug-likeness (QED) is 0.556. The Balaban J connectivity index is 1.92. The number of ether oxygens (including phenoxy) is 1. The number of imidazole rings is 1. The second-order valence-corrected chi connectivity index (χ2v) is 7.56. The molecule has 0 atom stereocenters. The van der Waals surface area contributed by atoms with Crippen molar-refractivity contribution in [1.82, 2.24) is 20.3 Å². The van der Waals surface area contributed by atoms with Crippen molar-refractivity contribution in [2.24, 2.45) is 0 Å². The number of nitrogens with one attached hydrogen (secondary N) is 3. The second kappa shape index (κ2) is 7.09. The van der Waals surface area contributed by atoms with Crippen LogP contribution in [-0.4, -0.2) is 33.9 Å². The number of aromatic amines is 2. The molecule has 0 radical (unpaired) electrons. The van der Waals surface area contributed by atoms with Crippen LogP contribution in [0.25, 0.3) is 23.1 Å². The van der Waals surface area contributed by atoms with Crippen LogP contribution in [0.2, 0.25) is 0 Å². The molecule has 4 rings (SSSR count). The van der Waals surface area contributed by atoms with E-state index < -0.39 is 11.4 Å². The average Bonchev–Trinajstić information content (AvgIpc) is 3.30. The van der Waals surface area contributed by atoms with Gasteiger partial charge in [-0.25, -0.2) is 9.78 Å². The molecule has 1 aromatic carbocycles. The van der Waals surface area contributed by atoms with E-state index in [-0.39, 0.29) is 18.0 Å². The molecular formula is C22H22N4O3. The standard InChI is InChI=1S/C22H22N4O3/c1-22(2)9-8-16-14(13-6-4-5-7-15(13)25-16)10-19(27)26-18(21(28)29-3)11-17-20(22)24-12-23-17/h4-9,11-12,25H,10H2,1-3H3,(H,23,24)(H,26,27)/b9-8-,18-11-. The Morgan fingerprint density at radius 1 is 1.24 bits per heavy atom. The van der Waals surface area contributed by atoms with Crippen molar-refractivity contribution in [2.75, 3.05) is 7.11 Å². The fourth-order valence-corrected chi connectivity index (χ4v) is 3.61. The van der Waals surface area contributed by atoms with Crippen LogP contribution in [-0.2, 0) is 26.2 Å². The monoisotopic (exact) mass is 390 g/mol. The van der Waals surface area contributed by atoms with Gasteiger partial charge >= 0.3 is 5.97 Å². The van der Waals surface area contributed by atoms with Gasteiger partial charge in [-0.15, -0.1) is 0 Å². The van der Waals surface area contributed by atoms with Crippen LogP contribution in [0.15, 0.2) is 42.4 Å². The van der Waals surface area contributed by atoms with E-state index in [4.69, 9.17) is 4.74 Å². The number of methoxy groups -OCH3 is 1. The summed E-state index contributed by atoms with van der Waals surface area (Å²) in [5.41, 5.74) is 3.72. The number of carbonyl (C=O) groups excluding carboxylic acids is 2. The van der Waals surface area contributed by atoms with Gasteiger partial charge < -0.3 is 20.0 Å². The number of benzene rings is 1. The summed E-state index contributed by atoms with van der Waals surface area (Å²) in [6.07, 6.45) is 7.29. The fraction of sp³-hybridized carbons (Fsp3) is 0.227. The van der Waals surface area contributed by atoms with E-state index >= 15 is 0 Å². The molecule has 0 unspecified atom stereocenters. The minimum absolute atomic E-state index is 0.0487. The van der Waals surface area contributed by atoms with Crippen LogP contribution in [0.5, 0.6) is 0 Å². The van der Waals surface area contributed by atoms with Crippen LogP contribution in [0.4, 0.5) is 0 Å². The summed E-state index contributed by atoms with van der Waals surface area (Å²) >= 11 is 0. The largest absolute Gasteiger partial charge is 0.464 e. The van der Waals surface area contributed by atoms with E-state index in [2.05, 4.69) is 40.2 Å². The highest BCUT2D eigenvalue weighted by Crippen LogP contribution is 2.30. The molecule has 0 saturated heterocycles. The number of aromatic nitrogens is 3. The third-order valence-corrected chi connectivity index (χ3v) is 5.12. The van der Waals surface area contributed by atoms with Crippen LogP contribution in [0, 0.1) is 0 Å². The Morgan fingerprint density at radius 3 is 2.83 bits per heavy atom. The third kappa shape index (κ3) is 3.47. The Bertz CT molecular complexity index is 1160. The maximum atomic E-state index is 12.8. The molecule has 3 heterocycles. The number of rotatable bonds is 1. The van der Waals surface area contributed by atoms with Gasteiger partial charge in [0.15, 0.2) is 0 Å². The normalized spacial score (nSPS) is 19.0. The summed E-state index contributed by atoms with van der Waals surface area (Å²) < 4.78 is 4.85. The minimum atomic E-state index is -0.628. The SMILES string of the molecule is COC(=O)/C1=C/c2nc[nH]c2C(C)(C)/C=C\c2[nH]c3ccccc3c2CC(=O)N1. The third-order valence-electron chi connectivity index (χ3n) is 5.12. The van der Waals surface area contributed by atoms with E-state index in [1.54, 1.807) is 12.4 Å². The fourth-order valence-electron chi connectivity index (χ4n) is 3.61. The summed E-state index contributed by atoms with van der Waals surface area (Å²) in [6, 6.07) is 7.84. The predicted molar refractivity (Wildman–Crippen MR) is 111 cm³/mol. The van der Waals surface area contributed by atoms with Crippen molar-refractivity contribution in [2.45, 2.75) is 25.7 Å². The number of amides is 1. The molecule has 7 nitrogen and oxygen atoms in total. The zero-order valence-corrected chi connectivity index (χ0v) is 16.5. The molecule has 7 heteroatoms. The number of H-pyrrole nitrogens is 2. The molecule has 1 aliphatic heterocycles. The molecule has 3 aromatic rings. The van der Waals surface area contributed by atoms with E-state index in [1.165, 1.54) is 7.11 Å². The summed E-state index contributed by atoms with van der Waals surface area (Å²) in [5, 5.41) is 3.67. The van der Waals surface area contributed by atoms with Gasteiger partial charge in [-0.2, -0.15) is 0 Å². The first-order valence-electron chi connectivity index (χ1n) is 9.31. The molecule has 0 spiro atoms. The van der Waals surface area contributed by atoms with Crippen molar-refractivity contribution in [3.63, 3.8) is 0 Å². The van der Waals surface area contributed by atoms with Crippen molar-refractivity contribution in [3.05, 3.63) is 65.0 Å². The highest BCUT2D eigenvalue weighted by atomic mass is 16.5. The molecule has 3 N–H and O–H groups in total. The Morgan fingerprint density at radius 2 is 2.03 bits per heavy atom. The van der Waals surface area contributed by atoms with Crippen molar-refractivity contribution >= 4 is 34.9 Å². The summed E-state index contributed by atoms with van der Waals surface area (Å²) in [4.78, 5) is 35.9. The maximum absolute atomic E-state index is 12.8. The molecule has 0 aliphatic carbocycles. The first kappa shape index (κ1) is 18.7. The Labute approximate surface area is 167 Å². The number of nitrogens with zero attached hydrogens (tertiary/aromatic N) is 1. The van der Waals surface area contributed by atoms with Gasteiger partial charge in [0, 0.05) is 22.0 Å². The summed E-state index contributed by atoms with van der Waals surface area (Å²) in [5.74, 6) is -0.935. The molecule has 0 fully saturated rings. The van der Waals surface area contributed by atoms with Crippen molar-refractivity contribution < 1.29 is 14.3 Å². The lowest BCUT2D eigenvalue weighted by atomic mass is 9.86. The van der Waals surface area contributed by atoms with Crippen molar-refractivity contribution in [3.8, 4) is 0 Å². The number of allylic oxidation sites excluding steroid dienone is 1. The number of para-hydroxylation sites is 1. The van der Waals surface area contributed by atoms with E-state index in [0.29, 0.717) is 5.69 Å². The molecule has 29 heavy (non-hydrogen) atoms. The van der Waals surface area contributed by atoms with Crippen LogP contribution < -0.4 is 5.32 Å². The molecular weight excluding hydrogens is 368 g/mol. The number of esters is 1. The Kier molecular flexibility index (Phi) is 4.58. The van der Waals surface area contributed by atoms with E-state index in [9.17, 15) is 9.59 Å². The lowest BCUT2D eigenvalue weighted by Gasteiger charge is -2.20. The van der Waals surface area contributed by atoms with Gasteiger partial charge in [0.25, 0.3) is 0 Å². The zero-order valence-electron chi connectivity index (χ0n) is 16.5. The van der Waals surface area contributed by atoms with Crippen LogP contribution >= 0.6 is 0 Å². The highest BCUT2D eigenvalue weighted by molar-refractivity contribution is 6.00. The van der Waals surface area contributed by atoms with Gasteiger partial charge in [-0.05, 0) is 23.8 Å². The topological polar surface area (TPSA) is 99.9 Å². The van der Waals surface area contributed by atoms with Crippen LogP contribution in [0.3, 0.4) is 0 Å². The minimum Gasteiger partial charge on any atom is -0.464 e. The smallest absolute Gasteiger partial charge is 0.354 e. The molecule has 1 aliphatic rings. The molecule has 0 saturated carbocycles. The maximum Gasteiger partial charge on any atom is 0.354 e. The van der Waals surface area contributed by atoms with Crippen LogP contribution in [0.1, 0.15) is 36.5 Å². The van der Waals surface area contributed by atoms with Crippen molar-refractivity contribution in [1.29, 1.82) is 0 Å². The number of fused-ring (bicyclic) bond motifs is 4. The lowest BCUT2D eigenvalue weighted by molar-refractivity contribution is -0.137.